The highest BCUT2D eigenvalue weighted by Gasteiger charge is 2.15. The molecule has 0 unspecified atom stereocenters. The molecule has 2 rings (SSSR count). The van der Waals surface area contributed by atoms with Crippen LogP contribution in [0.3, 0.4) is 0 Å². The van der Waals surface area contributed by atoms with Crippen LogP contribution in [0.25, 0.3) is 10.9 Å². The molecular weight excluding hydrogens is 228 g/mol. The number of carbonyl (C=O) groups is 1. The lowest BCUT2D eigenvalue weighted by Gasteiger charge is -2.18. The van der Waals surface area contributed by atoms with Crippen molar-refractivity contribution in [1.29, 1.82) is 0 Å². The van der Waals surface area contributed by atoms with E-state index in [1.54, 1.807) is 0 Å². The fourth-order valence-corrected chi connectivity index (χ4v) is 2.23. The number of fused-ring (bicyclic) bond motifs is 1. The molecule has 96 valence electrons. The Hall–Kier alpha value is -1.97. The number of esters is 1. The molecule has 0 aliphatic rings. The Labute approximate surface area is 107 Å². The van der Waals surface area contributed by atoms with Gasteiger partial charge in [-0.2, -0.15) is 0 Å². The lowest BCUT2D eigenvalue weighted by molar-refractivity contribution is -0.141. The van der Waals surface area contributed by atoms with Gasteiger partial charge in [0.05, 0.1) is 12.3 Å². The smallest absolute Gasteiger partial charge is 0.325 e. The number of para-hydroxylation sites is 1. The van der Waals surface area contributed by atoms with Crippen molar-refractivity contribution in [3.05, 3.63) is 30.0 Å². The molecule has 2 aromatic rings. The van der Waals surface area contributed by atoms with Gasteiger partial charge in [0, 0.05) is 23.6 Å². The van der Waals surface area contributed by atoms with Gasteiger partial charge in [-0.25, -0.2) is 0 Å². The molecule has 1 heterocycles. The average molecular weight is 246 g/mol. The molecule has 1 aromatic carbocycles. The van der Waals surface area contributed by atoms with Crippen molar-refractivity contribution in [1.82, 2.24) is 4.98 Å². The number of aromatic nitrogens is 1. The first kappa shape index (κ1) is 12.5. The molecule has 0 fully saturated rings. The van der Waals surface area contributed by atoms with Crippen LogP contribution in [0, 0.1) is 6.92 Å². The zero-order valence-corrected chi connectivity index (χ0v) is 11.0. The van der Waals surface area contributed by atoms with Crippen molar-refractivity contribution in [2.45, 2.75) is 13.8 Å². The minimum Gasteiger partial charge on any atom is -0.465 e. The van der Waals surface area contributed by atoms with Crippen molar-refractivity contribution in [2.75, 3.05) is 25.1 Å². The second kappa shape index (κ2) is 5.12. The summed E-state index contributed by atoms with van der Waals surface area (Å²) in [4.78, 5) is 16.8. The SMILES string of the molecule is CCOC(=O)CN(C)c1c(C)[nH]c2ccccc12. The topological polar surface area (TPSA) is 45.3 Å². The van der Waals surface area contributed by atoms with Gasteiger partial charge in [0.2, 0.25) is 0 Å². The van der Waals surface area contributed by atoms with Gasteiger partial charge in [-0.15, -0.1) is 0 Å². The maximum absolute atomic E-state index is 11.5. The Morgan fingerprint density at radius 3 is 2.83 bits per heavy atom. The van der Waals surface area contributed by atoms with Crippen molar-refractivity contribution in [3.63, 3.8) is 0 Å². The van der Waals surface area contributed by atoms with Crippen molar-refractivity contribution in [3.8, 4) is 0 Å². The number of likely N-dealkylation sites (N-methyl/N-ethyl adjacent to an activating group) is 1. The number of hydrogen-bond acceptors (Lipinski definition) is 3. The summed E-state index contributed by atoms with van der Waals surface area (Å²) >= 11 is 0. The van der Waals surface area contributed by atoms with E-state index in [1.165, 1.54) is 0 Å². The van der Waals surface area contributed by atoms with Gasteiger partial charge >= 0.3 is 5.97 Å². The van der Waals surface area contributed by atoms with Crippen LogP contribution in [-0.2, 0) is 9.53 Å². The third kappa shape index (κ3) is 2.32. The molecule has 0 aliphatic heterocycles. The molecule has 4 heteroatoms. The highest BCUT2D eigenvalue weighted by Crippen LogP contribution is 2.29. The molecule has 0 saturated carbocycles. The van der Waals surface area contributed by atoms with E-state index in [0.717, 1.165) is 22.3 Å². The first-order valence-corrected chi connectivity index (χ1v) is 6.07. The zero-order valence-electron chi connectivity index (χ0n) is 11.0. The van der Waals surface area contributed by atoms with E-state index in [0.29, 0.717) is 6.61 Å². The summed E-state index contributed by atoms with van der Waals surface area (Å²) in [5.41, 5.74) is 3.20. The normalized spacial score (nSPS) is 10.6. The monoisotopic (exact) mass is 246 g/mol. The van der Waals surface area contributed by atoms with Crippen LogP contribution >= 0.6 is 0 Å². The number of anilines is 1. The molecule has 0 spiro atoms. The average Bonchev–Trinajstić information content (AvgIpc) is 2.64. The van der Waals surface area contributed by atoms with Crippen LogP contribution in [0.4, 0.5) is 5.69 Å². The zero-order chi connectivity index (χ0) is 13.1. The van der Waals surface area contributed by atoms with Crippen molar-refractivity contribution < 1.29 is 9.53 Å². The fraction of sp³-hybridized carbons (Fsp3) is 0.357. The summed E-state index contributed by atoms with van der Waals surface area (Å²) in [5.74, 6) is -0.204. The van der Waals surface area contributed by atoms with Gasteiger partial charge in [-0.1, -0.05) is 18.2 Å². The maximum Gasteiger partial charge on any atom is 0.325 e. The molecule has 0 atom stereocenters. The van der Waals surface area contributed by atoms with Crippen LogP contribution < -0.4 is 4.90 Å². The van der Waals surface area contributed by atoms with E-state index in [1.807, 2.05) is 44.0 Å². The molecule has 0 bridgehead atoms. The summed E-state index contributed by atoms with van der Waals surface area (Å²) in [6, 6.07) is 8.07. The summed E-state index contributed by atoms with van der Waals surface area (Å²) in [7, 11) is 1.90. The Kier molecular flexibility index (Phi) is 3.55. The second-order valence-corrected chi connectivity index (χ2v) is 4.31. The lowest BCUT2D eigenvalue weighted by atomic mass is 10.2. The van der Waals surface area contributed by atoms with Gasteiger partial charge < -0.3 is 14.6 Å². The fourth-order valence-electron chi connectivity index (χ4n) is 2.23. The summed E-state index contributed by atoms with van der Waals surface area (Å²) in [6.07, 6.45) is 0. The van der Waals surface area contributed by atoms with Crippen LogP contribution in [0.15, 0.2) is 24.3 Å². The number of benzene rings is 1. The molecule has 18 heavy (non-hydrogen) atoms. The van der Waals surface area contributed by atoms with E-state index in [-0.39, 0.29) is 12.5 Å². The van der Waals surface area contributed by atoms with E-state index in [9.17, 15) is 4.79 Å². The third-order valence-corrected chi connectivity index (χ3v) is 2.91. The molecule has 0 saturated heterocycles. The minimum atomic E-state index is -0.204. The standard InChI is InChI=1S/C14H18N2O2/c1-4-18-13(17)9-16(3)14-10(2)15-12-8-6-5-7-11(12)14/h5-8,15H,4,9H2,1-3H3. The number of ether oxygens (including phenoxy) is 1. The number of hydrogen-bond donors (Lipinski definition) is 1. The molecule has 0 amide bonds. The molecule has 0 radical (unpaired) electrons. The van der Waals surface area contributed by atoms with E-state index < -0.39 is 0 Å². The summed E-state index contributed by atoms with van der Waals surface area (Å²) in [6.45, 7) is 4.50. The minimum absolute atomic E-state index is 0.204. The predicted molar refractivity (Wildman–Crippen MR) is 72.9 cm³/mol. The molecule has 1 N–H and O–H groups in total. The van der Waals surface area contributed by atoms with Crippen LogP contribution in [0.2, 0.25) is 0 Å². The Balaban J connectivity index is 2.29. The largest absolute Gasteiger partial charge is 0.465 e. The summed E-state index contributed by atoms with van der Waals surface area (Å²) < 4.78 is 4.97. The van der Waals surface area contributed by atoms with Crippen LogP contribution in [-0.4, -0.2) is 31.2 Å². The second-order valence-electron chi connectivity index (χ2n) is 4.31. The lowest BCUT2D eigenvalue weighted by Crippen LogP contribution is -2.27. The number of carbonyl (C=O) groups excluding carboxylic acids is 1. The highest BCUT2D eigenvalue weighted by molar-refractivity contribution is 5.95. The number of nitrogens with zero attached hydrogens (tertiary/aromatic N) is 1. The van der Waals surface area contributed by atoms with Gasteiger partial charge in [0.15, 0.2) is 0 Å². The number of rotatable bonds is 4. The molecule has 1 aromatic heterocycles. The van der Waals surface area contributed by atoms with Gasteiger partial charge in [-0.3, -0.25) is 4.79 Å². The third-order valence-electron chi connectivity index (χ3n) is 2.91. The molecule has 4 nitrogen and oxygen atoms in total. The Morgan fingerprint density at radius 2 is 2.11 bits per heavy atom. The molecule has 0 aliphatic carbocycles. The predicted octanol–water partition coefficient (Wildman–Crippen LogP) is 2.48. The van der Waals surface area contributed by atoms with E-state index >= 15 is 0 Å². The summed E-state index contributed by atoms with van der Waals surface area (Å²) in [5, 5.41) is 1.13. The van der Waals surface area contributed by atoms with Crippen LogP contribution in [0.1, 0.15) is 12.6 Å². The number of aromatic amines is 1. The van der Waals surface area contributed by atoms with Gasteiger partial charge in [0.25, 0.3) is 0 Å². The quantitative estimate of drug-likeness (QED) is 0.843. The van der Waals surface area contributed by atoms with Crippen LogP contribution in [0.5, 0.6) is 0 Å². The van der Waals surface area contributed by atoms with Crippen molar-refractivity contribution >= 4 is 22.6 Å². The molecular formula is C14H18N2O2. The Bertz CT molecular complexity index is 560. The highest BCUT2D eigenvalue weighted by atomic mass is 16.5. The van der Waals surface area contributed by atoms with E-state index in [2.05, 4.69) is 11.1 Å². The number of H-pyrrole nitrogens is 1. The van der Waals surface area contributed by atoms with Crippen molar-refractivity contribution in [2.24, 2.45) is 0 Å². The van der Waals surface area contributed by atoms with Gasteiger partial charge in [-0.05, 0) is 19.9 Å². The first-order chi connectivity index (χ1) is 8.63. The number of nitrogens with one attached hydrogen (secondary N) is 1. The van der Waals surface area contributed by atoms with E-state index in [4.69, 9.17) is 4.74 Å². The Morgan fingerprint density at radius 1 is 1.39 bits per heavy atom. The van der Waals surface area contributed by atoms with Gasteiger partial charge in [0.1, 0.15) is 6.54 Å². The first-order valence-electron chi connectivity index (χ1n) is 6.07. The maximum atomic E-state index is 11.5. The number of aryl methyl sites for hydroxylation is 1.